The van der Waals surface area contributed by atoms with Crippen LogP contribution in [0.4, 0.5) is 0 Å². The van der Waals surface area contributed by atoms with Crippen molar-refractivity contribution in [3.63, 3.8) is 0 Å². The van der Waals surface area contributed by atoms with Crippen LogP contribution in [0.1, 0.15) is 11.1 Å². The second-order valence-corrected chi connectivity index (χ2v) is 6.28. The first-order valence-electron chi connectivity index (χ1n) is 8.22. The van der Waals surface area contributed by atoms with Crippen LogP contribution in [0.5, 0.6) is 23.0 Å². The largest absolute Gasteiger partial charge is 0.504 e. The minimum atomic E-state index is -0.455. The van der Waals surface area contributed by atoms with E-state index in [1.165, 1.54) is 71.8 Å². The summed E-state index contributed by atoms with van der Waals surface area (Å²) < 4.78 is 2.36. The third kappa shape index (κ3) is 3.35. The smallest absolute Gasteiger partial charge is 0.274 e. The molecular weight excluding hydrogens is 364 g/mol. The van der Waals surface area contributed by atoms with Crippen LogP contribution < -0.4 is 21.8 Å². The third-order valence-corrected chi connectivity index (χ3v) is 4.38. The van der Waals surface area contributed by atoms with Crippen molar-refractivity contribution >= 4 is 12.2 Å². The quantitative estimate of drug-likeness (QED) is 0.446. The van der Waals surface area contributed by atoms with Gasteiger partial charge in [0.05, 0.1) is 0 Å². The Morgan fingerprint density at radius 3 is 1.32 bits per heavy atom. The number of phenolic OH excluding ortho intramolecular Hbond substituents is 4. The lowest BCUT2D eigenvalue weighted by Crippen LogP contribution is -2.56. The molecule has 0 atom stereocenters. The van der Waals surface area contributed by atoms with E-state index in [4.69, 9.17) is 0 Å². The highest BCUT2D eigenvalue weighted by atomic mass is 16.3. The van der Waals surface area contributed by atoms with Gasteiger partial charge in [0.25, 0.3) is 11.1 Å². The van der Waals surface area contributed by atoms with Gasteiger partial charge in [0, 0.05) is 14.1 Å². The Balaban J connectivity index is 2.28. The normalized spacial score (nSPS) is 12.5. The molecule has 3 aromatic rings. The minimum Gasteiger partial charge on any atom is -0.504 e. The highest BCUT2D eigenvalue weighted by Gasteiger charge is 2.07. The molecule has 0 radical (unpaired) electrons. The van der Waals surface area contributed by atoms with E-state index in [1.807, 2.05) is 0 Å². The predicted octanol–water partition coefficient (Wildman–Crippen LogP) is -0.436. The second kappa shape index (κ2) is 6.99. The molecule has 0 unspecified atom stereocenters. The zero-order valence-electron chi connectivity index (χ0n) is 15.1. The first-order valence-corrected chi connectivity index (χ1v) is 8.22. The van der Waals surface area contributed by atoms with E-state index < -0.39 is 11.1 Å². The van der Waals surface area contributed by atoms with Crippen molar-refractivity contribution in [1.29, 1.82) is 0 Å². The lowest BCUT2D eigenvalue weighted by Gasteiger charge is -2.06. The van der Waals surface area contributed by atoms with Gasteiger partial charge in [-0.2, -0.15) is 0 Å². The van der Waals surface area contributed by atoms with Gasteiger partial charge in [-0.05, 0) is 47.5 Å². The molecule has 0 aliphatic heterocycles. The lowest BCUT2D eigenvalue weighted by atomic mass is 10.2. The maximum absolute atomic E-state index is 12.8. The molecule has 8 nitrogen and oxygen atoms in total. The molecule has 0 saturated carbocycles. The van der Waals surface area contributed by atoms with E-state index in [2.05, 4.69) is 0 Å². The molecule has 0 saturated heterocycles. The lowest BCUT2D eigenvalue weighted by molar-refractivity contribution is 0.403. The molecule has 8 heteroatoms. The average Bonchev–Trinajstić information content (AvgIpc) is 2.66. The summed E-state index contributed by atoms with van der Waals surface area (Å²) >= 11 is 0. The summed E-state index contributed by atoms with van der Waals surface area (Å²) in [6, 6.07) is 8.11. The summed E-state index contributed by atoms with van der Waals surface area (Å²) in [4.78, 5) is 25.6. The number of aromatic nitrogens is 2. The first kappa shape index (κ1) is 18.8. The van der Waals surface area contributed by atoms with Crippen LogP contribution >= 0.6 is 0 Å². The molecule has 0 aliphatic rings. The van der Waals surface area contributed by atoms with Gasteiger partial charge in [-0.3, -0.25) is 9.59 Å². The predicted molar refractivity (Wildman–Crippen MR) is 103 cm³/mol. The maximum atomic E-state index is 12.8. The molecule has 3 rings (SSSR count). The summed E-state index contributed by atoms with van der Waals surface area (Å²) in [5, 5.41) is 38.2. The Hall–Kier alpha value is -3.94. The van der Waals surface area contributed by atoms with E-state index in [9.17, 15) is 30.0 Å². The van der Waals surface area contributed by atoms with Crippen molar-refractivity contribution in [2.24, 2.45) is 14.1 Å². The van der Waals surface area contributed by atoms with E-state index in [1.54, 1.807) is 0 Å². The van der Waals surface area contributed by atoms with Gasteiger partial charge >= 0.3 is 0 Å². The van der Waals surface area contributed by atoms with Crippen LogP contribution in [0.3, 0.4) is 0 Å². The molecule has 0 bridgehead atoms. The number of phenols is 4. The third-order valence-electron chi connectivity index (χ3n) is 4.38. The molecule has 1 heterocycles. The maximum Gasteiger partial charge on any atom is 0.274 e. The van der Waals surface area contributed by atoms with Crippen LogP contribution in [0.15, 0.2) is 46.0 Å². The molecular formula is C20H18N2O6. The van der Waals surface area contributed by atoms with Gasteiger partial charge in [-0.25, -0.2) is 0 Å². The SMILES string of the molecule is Cn1c(=O)/c(=C/c2ccc(O)c(O)c2)n(C)c(=O)/c1=C/c1ccc(O)c(O)c1. The summed E-state index contributed by atoms with van der Waals surface area (Å²) in [7, 11) is 2.89. The fourth-order valence-electron chi connectivity index (χ4n) is 2.74. The molecule has 0 aliphatic carbocycles. The van der Waals surface area contributed by atoms with Crippen molar-refractivity contribution in [3.05, 3.63) is 78.9 Å². The van der Waals surface area contributed by atoms with Gasteiger partial charge in [-0.15, -0.1) is 0 Å². The fraction of sp³-hybridized carbons (Fsp3) is 0.100. The molecule has 28 heavy (non-hydrogen) atoms. The van der Waals surface area contributed by atoms with E-state index in [-0.39, 0.29) is 33.7 Å². The summed E-state index contributed by atoms with van der Waals surface area (Å²) in [5.41, 5.74) is -0.0435. The topological polar surface area (TPSA) is 125 Å². The van der Waals surface area contributed by atoms with E-state index in [0.717, 1.165) is 0 Å². The molecule has 0 spiro atoms. The van der Waals surface area contributed by atoms with E-state index in [0.29, 0.717) is 11.1 Å². The first-order chi connectivity index (χ1) is 13.2. The number of hydrogen-bond donors (Lipinski definition) is 4. The Morgan fingerprint density at radius 2 is 1.00 bits per heavy atom. The number of hydrogen-bond acceptors (Lipinski definition) is 6. The van der Waals surface area contributed by atoms with Gasteiger partial charge in [0.1, 0.15) is 10.7 Å². The highest BCUT2D eigenvalue weighted by Crippen LogP contribution is 2.25. The molecule has 4 N–H and O–H groups in total. The van der Waals surface area contributed by atoms with E-state index >= 15 is 0 Å². The minimum absolute atomic E-state index is 0.0864. The standard InChI is InChI=1S/C20H18N2O6/c1-21-13(7-11-3-5-15(23)17(25)9-11)20(28)22(2)14(19(21)27)8-12-4-6-16(24)18(26)10-12/h3-10,23-26H,1-2H3/b13-7-,14-8-. The van der Waals surface area contributed by atoms with Crippen LogP contribution in [0.25, 0.3) is 12.2 Å². The summed E-state index contributed by atoms with van der Waals surface area (Å²) in [5.74, 6) is -1.26. The molecule has 0 fully saturated rings. The fourth-order valence-corrected chi connectivity index (χ4v) is 2.74. The number of benzene rings is 2. The van der Waals surface area contributed by atoms with Crippen molar-refractivity contribution < 1.29 is 20.4 Å². The van der Waals surface area contributed by atoms with Crippen LogP contribution in [0.2, 0.25) is 0 Å². The molecule has 2 aromatic carbocycles. The highest BCUT2D eigenvalue weighted by molar-refractivity contribution is 5.55. The van der Waals surface area contributed by atoms with Crippen molar-refractivity contribution in [3.8, 4) is 23.0 Å². The monoisotopic (exact) mass is 382 g/mol. The number of aromatic hydroxyl groups is 4. The Bertz CT molecular complexity index is 1210. The van der Waals surface area contributed by atoms with Crippen molar-refractivity contribution in [2.45, 2.75) is 0 Å². The Morgan fingerprint density at radius 1 is 0.643 bits per heavy atom. The van der Waals surface area contributed by atoms with Crippen LogP contribution in [-0.2, 0) is 14.1 Å². The Kier molecular flexibility index (Phi) is 4.70. The molecule has 144 valence electrons. The average molecular weight is 382 g/mol. The summed E-state index contributed by atoms with van der Waals surface area (Å²) in [6.07, 6.45) is 2.86. The van der Waals surface area contributed by atoms with Crippen molar-refractivity contribution in [2.75, 3.05) is 0 Å². The number of nitrogens with zero attached hydrogens (tertiary/aromatic N) is 2. The van der Waals surface area contributed by atoms with Gasteiger partial charge in [0.15, 0.2) is 23.0 Å². The molecule has 1 aromatic heterocycles. The van der Waals surface area contributed by atoms with Gasteiger partial charge < -0.3 is 29.6 Å². The van der Waals surface area contributed by atoms with Gasteiger partial charge in [-0.1, -0.05) is 12.1 Å². The molecule has 0 amide bonds. The van der Waals surface area contributed by atoms with Crippen molar-refractivity contribution in [1.82, 2.24) is 9.13 Å². The van der Waals surface area contributed by atoms with Gasteiger partial charge in [0.2, 0.25) is 0 Å². The zero-order chi connectivity index (χ0) is 20.6. The Labute approximate surface area is 158 Å². The van der Waals surface area contributed by atoms with Crippen LogP contribution in [0, 0.1) is 0 Å². The number of rotatable bonds is 2. The van der Waals surface area contributed by atoms with Crippen LogP contribution in [-0.4, -0.2) is 29.6 Å². The second-order valence-electron chi connectivity index (χ2n) is 6.28. The summed E-state index contributed by atoms with van der Waals surface area (Å²) in [6.45, 7) is 0. The zero-order valence-corrected chi connectivity index (χ0v) is 15.1.